The normalized spacial score (nSPS) is 16.2. The maximum Gasteiger partial charge on any atom is 0.256 e. The molecule has 0 spiro atoms. The summed E-state index contributed by atoms with van der Waals surface area (Å²) in [5.74, 6) is 0.558. The number of anilines is 2. The number of ether oxygens (including phenoxy) is 1. The molecule has 0 atom stereocenters. The lowest BCUT2D eigenvalue weighted by atomic mass is 9.96. The van der Waals surface area contributed by atoms with Crippen LogP contribution in [0.2, 0.25) is 0 Å². The zero-order valence-corrected chi connectivity index (χ0v) is 15.7. The molecule has 5 rings (SSSR count). The summed E-state index contributed by atoms with van der Waals surface area (Å²) in [5, 5.41) is 6.32. The van der Waals surface area contributed by atoms with Crippen LogP contribution in [0.3, 0.4) is 0 Å². The van der Waals surface area contributed by atoms with Crippen LogP contribution >= 0.6 is 0 Å². The number of aromatic nitrogens is 2. The lowest BCUT2D eigenvalue weighted by Gasteiger charge is -2.21. The highest BCUT2D eigenvalue weighted by Gasteiger charge is 2.25. The SMILES string of the molecule is Cc1c[nH]c(C=C2C(=O)Nc3ccc(-c4cnc5c(c4C)NCCO5)cc32)c1. The van der Waals surface area contributed by atoms with E-state index in [0.29, 0.717) is 18.1 Å². The minimum absolute atomic E-state index is 0.0882. The first kappa shape index (κ1) is 16.6. The summed E-state index contributed by atoms with van der Waals surface area (Å²) >= 11 is 0. The third-order valence-corrected chi connectivity index (χ3v) is 5.21. The summed E-state index contributed by atoms with van der Waals surface area (Å²) in [4.78, 5) is 20.2. The molecule has 6 heteroatoms. The van der Waals surface area contributed by atoms with Gasteiger partial charge in [-0.1, -0.05) is 6.07 Å². The summed E-state index contributed by atoms with van der Waals surface area (Å²) in [7, 11) is 0. The molecule has 140 valence electrons. The van der Waals surface area contributed by atoms with Crippen LogP contribution in [0.5, 0.6) is 5.88 Å². The van der Waals surface area contributed by atoms with Gasteiger partial charge >= 0.3 is 0 Å². The van der Waals surface area contributed by atoms with Crippen molar-refractivity contribution in [3.8, 4) is 17.0 Å². The second-order valence-corrected chi connectivity index (χ2v) is 7.16. The molecule has 2 aromatic heterocycles. The Hall–Kier alpha value is -3.54. The number of nitrogens with one attached hydrogen (secondary N) is 3. The van der Waals surface area contributed by atoms with Crippen molar-refractivity contribution in [1.29, 1.82) is 0 Å². The van der Waals surface area contributed by atoms with Gasteiger partial charge in [0.25, 0.3) is 5.91 Å². The number of pyridine rings is 1. The van der Waals surface area contributed by atoms with E-state index in [4.69, 9.17) is 4.74 Å². The fraction of sp³-hybridized carbons (Fsp3) is 0.182. The molecular weight excluding hydrogens is 352 g/mol. The zero-order valence-electron chi connectivity index (χ0n) is 15.7. The number of fused-ring (bicyclic) bond motifs is 2. The largest absolute Gasteiger partial charge is 0.474 e. The predicted molar refractivity (Wildman–Crippen MR) is 110 cm³/mol. The number of amides is 1. The van der Waals surface area contributed by atoms with Crippen molar-refractivity contribution in [2.24, 2.45) is 0 Å². The van der Waals surface area contributed by atoms with Gasteiger partial charge in [0.05, 0.1) is 5.57 Å². The molecule has 3 aromatic rings. The summed E-state index contributed by atoms with van der Waals surface area (Å²) in [5.41, 5.74) is 8.49. The van der Waals surface area contributed by atoms with Crippen molar-refractivity contribution in [2.45, 2.75) is 13.8 Å². The number of rotatable bonds is 2. The molecule has 6 nitrogen and oxygen atoms in total. The average Bonchev–Trinajstić information content (AvgIpc) is 3.25. The maximum absolute atomic E-state index is 12.5. The fourth-order valence-electron chi connectivity index (χ4n) is 3.78. The van der Waals surface area contributed by atoms with Crippen LogP contribution in [0.4, 0.5) is 11.4 Å². The van der Waals surface area contributed by atoms with Crippen molar-refractivity contribution in [3.63, 3.8) is 0 Å². The molecule has 1 aromatic carbocycles. The van der Waals surface area contributed by atoms with E-state index in [2.05, 4.69) is 33.6 Å². The lowest BCUT2D eigenvalue weighted by molar-refractivity contribution is -0.110. The van der Waals surface area contributed by atoms with E-state index in [-0.39, 0.29) is 5.91 Å². The highest BCUT2D eigenvalue weighted by molar-refractivity contribution is 6.35. The van der Waals surface area contributed by atoms with Gasteiger partial charge in [-0.15, -0.1) is 0 Å². The van der Waals surface area contributed by atoms with Crippen LogP contribution in [0.1, 0.15) is 22.4 Å². The third-order valence-electron chi connectivity index (χ3n) is 5.21. The number of benzene rings is 1. The molecule has 0 unspecified atom stereocenters. The Kier molecular flexibility index (Phi) is 3.72. The van der Waals surface area contributed by atoms with Crippen molar-refractivity contribution in [3.05, 3.63) is 59.0 Å². The minimum Gasteiger partial charge on any atom is -0.474 e. The van der Waals surface area contributed by atoms with E-state index < -0.39 is 0 Å². The van der Waals surface area contributed by atoms with Crippen molar-refractivity contribution in [2.75, 3.05) is 23.8 Å². The summed E-state index contributed by atoms with van der Waals surface area (Å²) in [6.07, 6.45) is 5.66. The first-order valence-electron chi connectivity index (χ1n) is 9.29. The molecule has 3 N–H and O–H groups in total. The van der Waals surface area contributed by atoms with E-state index in [1.54, 1.807) is 0 Å². The van der Waals surface area contributed by atoms with Gasteiger partial charge < -0.3 is 20.4 Å². The maximum atomic E-state index is 12.5. The average molecular weight is 372 g/mol. The first-order chi connectivity index (χ1) is 13.6. The number of aryl methyl sites for hydroxylation is 1. The standard InChI is InChI=1S/C22H20N4O2/c1-12-7-15(24-10-12)9-17-16-8-14(3-4-19(16)26-21(17)27)18-11-25-22-20(13(18)2)23-5-6-28-22/h3-4,7-11,23-24H,5-6H2,1-2H3,(H,26,27). The van der Waals surface area contributed by atoms with Gasteiger partial charge in [0.1, 0.15) is 12.3 Å². The molecule has 0 aliphatic carbocycles. The van der Waals surface area contributed by atoms with Gasteiger partial charge in [0.2, 0.25) is 5.88 Å². The van der Waals surface area contributed by atoms with Crippen LogP contribution in [0.25, 0.3) is 22.8 Å². The van der Waals surface area contributed by atoms with E-state index in [1.807, 2.05) is 43.6 Å². The molecule has 0 saturated carbocycles. The Morgan fingerprint density at radius 3 is 2.89 bits per heavy atom. The summed E-state index contributed by atoms with van der Waals surface area (Å²) in [6, 6.07) is 8.04. The molecule has 0 saturated heterocycles. The smallest absolute Gasteiger partial charge is 0.256 e. The molecule has 1 amide bonds. The van der Waals surface area contributed by atoms with E-state index in [9.17, 15) is 4.79 Å². The number of H-pyrrole nitrogens is 1. The number of carbonyl (C=O) groups excluding carboxylic acids is 1. The molecule has 2 aliphatic heterocycles. The molecule has 28 heavy (non-hydrogen) atoms. The monoisotopic (exact) mass is 372 g/mol. The van der Waals surface area contributed by atoms with Crippen LogP contribution < -0.4 is 15.4 Å². The van der Waals surface area contributed by atoms with Gasteiger partial charge in [-0.05, 0) is 54.8 Å². The summed E-state index contributed by atoms with van der Waals surface area (Å²) < 4.78 is 5.63. The number of hydrogen-bond donors (Lipinski definition) is 3. The van der Waals surface area contributed by atoms with Crippen LogP contribution in [-0.2, 0) is 4.79 Å². The van der Waals surface area contributed by atoms with E-state index in [0.717, 1.165) is 51.4 Å². The van der Waals surface area contributed by atoms with Gasteiger partial charge in [0.15, 0.2) is 0 Å². The zero-order chi connectivity index (χ0) is 19.3. The van der Waals surface area contributed by atoms with Gasteiger partial charge in [-0.3, -0.25) is 4.79 Å². The van der Waals surface area contributed by atoms with Crippen LogP contribution in [0, 0.1) is 13.8 Å². The quantitative estimate of drug-likeness (QED) is 0.594. The molecule has 0 fully saturated rings. The fourth-order valence-corrected chi connectivity index (χ4v) is 3.78. The summed E-state index contributed by atoms with van der Waals surface area (Å²) in [6.45, 7) is 5.47. The second-order valence-electron chi connectivity index (χ2n) is 7.16. The van der Waals surface area contributed by atoms with E-state index in [1.165, 1.54) is 0 Å². The van der Waals surface area contributed by atoms with E-state index >= 15 is 0 Å². The minimum atomic E-state index is -0.0882. The topological polar surface area (TPSA) is 79.0 Å². The molecule has 2 aliphatic rings. The van der Waals surface area contributed by atoms with Crippen molar-refractivity contribution >= 4 is 28.9 Å². The second kappa shape index (κ2) is 6.27. The third kappa shape index (κ3) is 2.65. The molecule has 0 radical (unpaired) electrons. The molecule has 0 bridgehead atoms. The Bertz CT molecular complexity index is 1140. The number of aromatic amines is 1. The van der Waals surface area contributed by atoms with Gasteiger partial charge in [0, 0.05) is 41.4 Å². The predicted octanol–water partition coefficient (Wildman–Crippen LogP) is 3.99. The molecule has 4 heterocycles. The van der Waals surface area contributed by atoms with Gasteiger partial charge in [-0.2, -0.15) is 0 Å². The number of hydrogen-bond acceptors (Lipinski definition) is 4. The Balaban J connectivity index is 1.60. The Morgan fingerprint density at radius 1 is 1.18 bits per heavy atom. The van der Waals surface area contributed by atoms with Crippen molar-refractivity contribution in [1.82, 2.24) is 9.97 Å². The highest BCUT2D eigenvalue weighted by Crippen LogP contribution is 2.39. The highest BCUT2D eigenvalue weighted by atomic mass is 16.5. The lowest BCUT2D eigenvalue weighted by Crippen LogP contribution is -2.20. The Labute approximate surface area is 162 Å². The number of nitrogens with zero attached hydrogens (tertiary/aromatic N) is 1. The molecular formula is C22H20N4O2. The first-order valence-corrected chi connectivity index (χ1v) is 9.29. The van der Waals surface area contributed by atoms with Gasteiger partial charge in [-0.25, -0.2) is 4.98 Å². The van der Waals surface area contributed by atoms with Crippen molar-refractivity contribution < 1.29 is 9.53 Å². The Morgan fingerprint density at radius 2 is 2.07 bits per heavy atom. The van der Waals surface area contributed by atoms with Crippen LogP contribution in [-0.4, -0.2) is 29.0 Å². The van der Waals surface area contributed by atoms with Crippen LogP contribution in [0.15, 0.2) is 36.7 Å². The number of carbonyl (C=O) groups is 1.